The minimum Gasteiger partial charge on any atom is -0.391 e. The van der Waals surface area contributed by atoms with Gasteiger partial charge in [0.25, 0.3) is 0 Å². The molecule has 0 aromatic heterocycles. The second kappa shape index (κ2) is 43.5. The number of unbranched alkanes of at least 4 members (excludes halogenated alkanes) is 33. The smallest absolute Gasteiger partial charge is 0.391 e. The number of amides is 1. The van der Waals surface area contributed by atoms with E-state index in [0.29, 0.717) is 23.9 Å². The van der Waals surface area contributed by atoms with E-state index in [1.54, 1.807) is 0 Å². The summed E-state index contributed by atoms with van der Waals surface area (Å²) >= 11 is 0. The number of phosphoric acid groups is 1. The second-order valence-corrected chi connectivity index (χ2v) is 20.7. The molecule has 1 amide bonds. The van der Waals surface area contributed by atoms with Crippen LogP contribution < -0.4 is 5.32 Å². The van der Waals surface area contributed by atoms with E-state index in [2.05, 4.69) is 31.3 Å². The van der Waals surface area contributed by atoms with Crippen LogP contribution >= 0.6 is 7.82 Å². The van der Waals surface area contributed by atoms with Crippen molar-refractivity contribution in [2.75, 3.05) is 40.9 Å². The highest BCUT2D eigenvalue weighted by molar-refractivity contribution is 7.47. The standard InChI is InChI=1S/C51H103N2O6P/c1-6-8-10-12-14-16-18-20-22-24-25-26-27-28-29-30-32-34-36-38-40-42-44-50(54)49(48-59-60(56,57)58-47-46-53(3,4)5)52-51(55)45-43-41-39-37-35-33-31-23-21-19-17-15-13-11-9-7-2/h23,31,49-50,54H,6-22,24-30,32-48H2,1-5H3,(H-,52,55,56,57)/p+1/b31-23-. The van der Waals surface area contributed by atoms with E-state index in [-0.39, 0.29) is 19.1 Å². The van der Waals surface area contributed by atoms with Gasteiger partial charge in [0.2, 0.25) is 5.91 Å². The van der Waals surface area contributed by atoms with Crippen molar-refractivity contribution >= 4 is 13.7 Å². The van der Waals surface area contributed by atoms with E-state index in [1.807, 2.05) is 21.1 Å². The Hall–Kier alpha value is -0.760. The maximum absolute atomic E-state index is 12.9. The molecule has 0 aromatic rings. The summed E-state index contributed by atoms with van der Waals surface area (Å²) in [4.78, 5) is 23.2. The summed E-state index contributed by atoms with van der Waals surface area (Å²) in [5, 5.41) is 14.0. The van der Waals surface area contributed by atoms with Crippen LogP contribution in [0, 0.1) is 0 Å². The Morgan fingerprint density at radius 2 is 0.900 bits per heavy atom. The molecule has 3 atom stereocenters. The molecular weight excluding hydrogens is 768 g/mol. The van der Waals surface area contributed by atoms with Crippen molar-refractivity contribution in [3.63, 3.8) is 0 Å². The van der Waals surface area contributed by atoms with Gasteiger partial charge in [-0.3, -0.25) is 13.8 Å². The quantitative estimate of drug-likeness (QED) is 0.0243. The van der Waals surface area contributed by atoms with Gasteiger partial charge in [0, 0.05) is 6.42 Å². The molecule has 9 heteroatoms. The zero-order chi connectivity index (χ0) is 44.3. The van der Waals surface area contributed by atoms with Gasteiger partial charge in [0.05, 0.1) is 39.9 Å². The Bertz CT molecular complexity index is 989. The molecule has 0 aliphatic carbocycles. The normalized spacial score (nSPS) is 14.2. The highest BCUT2D eigenvalue weighted by Gasteiger charge is 2.28. The number of allylic oxidation sites excluding steroid dienone is 2. The Morgan fingerprint density at radius 3 is 1.28 bits per heavy atom. The van der Waals surface area contributed by atoms with Crippen LogP contribution in [0.25, 0.3) is 0 Å². The zero-order valence-electron chi connectivity index (χ0n) is 40.7. The molecule has 8 nitrogen and oxygen atoms in total. The third-order valence-electron chi connectivity index (χ3n) is 12.0. The van der Waals surface area contributed by atoms with Crippen LogP contribution in [-0.4, -0.2) is 73.4 Å². The number of quaternary nitrogens is 1. The number of likely N-dealkylation sites (N-methyl/N-ethyl adjacent to an activating group) is 1. The van der Waals surface area contributed by atoms with Crippen LogP contribution in [0.5, 0.6) is 0 Å². The van der Waals surface area contributed by atoms with Crippen molar-refractivity contribution in [2.24, 2.45) is 0 Å². The molecular formula is C51H104N2O6P+. The van der Waals surface area contributed by atoms with E-state index in [1.165, 1.54) is 180 Å². The lowest BCUT2D eigenvalue weighted by Gasteiger charge is -2.26. The Morgan fingerprint density at radius 1 is 0.550 bits per heavy atom. The summed E-state index contributed by atoms with van der Waals surface area (Å²) in [5.41, 5.74) is 0. The molecule has 0 aliphatic rings. The fourth-order valence-corrected chi connectivity index (χ4v) is 8.60. The predicted molar refractivity (Wildman–Crippen MR) is 259 cm³/mol. The average molecular weight is 872 g/mol. The highest BCUT2D eigenvalue weighted by atomic mass is 31.2. The SMILES string of the molecule is CCCCCCCCC/C=C\CCCCCCCC(=O)NC(COP(=O)(O)OCC[N+](C)(C)C)C(O)CCCCCCCCCCCCCCCCCCCCCCCC. The summed E-state index contributed by atoms with van der Waals surface area (Å²) in [6, 6.07) is -0.761. The molecule has 0 heterocycles. The first-order valence-corrected chi connectivity index (χ1v) is 27.5. The van der Waals surface area contributed by atoms with E-state index >= 15 is 0 Å². The Kier molecular flexibility index (Phi) is 42.9. The number of aliphatic hydroxyl groups is 1. The monoisotopic (exact) mass is 872 g/mol. The average Bonchev–Trinajstić information content (AvgIpc) is 3.20. The third-order valence-corrected chi connectivity index (χ3v) is 13.0. The highest BCUT2D eigenvalue weighted by Crippen LogP contribution is 2.43. The van der Waals surface area contributed by atoms with Crippen molar-refractivity contribution in [1.82, 2.24) is 5.32 Å². The molecule has 0 fully saturated rings. The first-order valence-electron chi connectivity index (χ1n) is 26.1. The van der Waals surface area contributed by atoms with Crippen molar-refractivity contribution in [1.29, 1.82) is 0 Å². The maximum atomic E-state index is 12.9. The molecule has 60 heavy (non-hydrogen) atoms. The molecule has 0 spiro atoms. The number of aliphatic hydroxyl groups excluding tert-OH is 1. The molecule has 0 aromatic carbocycles. The topological polar surface area (TPSA) is 105 Å². The van der Waals surface area contributed by atoms with Gasteiger partial charge in [-0.05, 0) is 38.5 Å². The molecule has 0 bridgehead atoms. The number of nitrogens with zero attached hydrogens (tertiary/aromatic N) is 1. The lowest BCUT2D eigenvalue weighted by Crippen LogP contribution is -2.46. The van der Waals surface area contributed by atoms with Crippen LogP contribution in [0.2, 0.25) is 0 Å². The number of nitrogens with one attached hydrogen (secondary N) is 1. The van der Waals surface area contributed by atoms with Crippen molar-refractivity contribution in [2.45, 2.75) is 270 Å². The molecule has 3 unspecified atom stereocenters. The molecule has 0 aliphatic heterocycles. The fourth-order valence-electron chi connectivity index (χ4n) is 7.87. The molecule has 0 rings (SSSR count). The number of hydrogen-bond acceptors (Lipinski definition) is 5. The lowest BCUT2D eigenvalue weighted by molar-refractivity contribution is -0.870. The minimum absolute atomic E-state index is 0.0753. The zero-order valence-corrected chi connectivity index (χ0v) is 41.6. The maximum Gasteiger partial charge on any atom is 0.472 e. The molecule has 358 valence electrons. The minimum atomic E-state index is -4.32. The van der Waals surface area contributed by atoms with Crippen LogP contribution in [-0.2, 0) is 18.4 Å². The first kappa shape index (κ1) is 59.2. The number of carbonyl (C=O) groups is 1. The van der Waals surface area contributed by atoms with Crippen LogP contribution in [0.1, 0.15) is 258 Å². The fraction of sp³-hybridized carbons (Fsp3) is 0.941. The van der Waals surface area contributed by atoms with Crippen molar-refractivity contribution < 1.29 is 32.9 Å². The number of phosphoric ester groups is 1. The molecule has 0 saturated heterocycles. The van der Waals surface area contributed by atoms with Gasteiger partial charge in [0.15, 0.2) is 0 Å². The summed E-state index contributed by atoms with van der Waals surface area (Å²) in [5.74, 6) is -0.149. The van der Waals surface area contributed by atoms with Crippen LogP contribution in [0.15, 0.2) is 12.2 Å². The van der Waals surface area contributed by atoms with Gasteiger partial charge < -0.3 is 19.8 Å². The van der Waals surface area contributed by atoms with E-state index < -0.39 is 20.0 Å². The van der Waals surface area contributed by atoms with Gasteiger partial charge in [-0.2, -0.15) is 0 Å². The van der Waals surface area contributed by atoms with Gasteiger partial charge in [0.1, 0.15) is 13.2 Å². The van der Waals surface area contributed by atoms with Gasteiger partial charge in [-0.1, -0.05) is 225 Å². The van der Waals surface area contributed by atoms with E-state index in [0.717, 1.165) is 51.4 Å². The summed E-state index contributed by atoms with van der Waals surface area (Å²) in [6.45, 7) is 4.91. The largest absolute Gasteiger partial charge is 0.472 e. The van der Waals surface area contributed by atoms with Crippen LogP contribution in [0.3, 0.4) is 0 Å². The molecule has 3 N–H and O–H groups in total. The van der Waals surface area contributed by atoms with Gasteiger partial charge >= 0.3 is 7.82 Å². The van der Waals surface area contributed by atoms with Gasteiger partial charge in [-0.25, -0.2) is 4.57 Å². The number of rotatable bonds is 48. The first-order chi connectivity index (χ1) is 29.0. The van der Waals surface area contributed by atoms with Gasteiger partial charge in [-0.15, -0.1) is 0 Å². The Labute approximate surface area is 373 Å². The van der Waals surface area contributed by atoms with E-state index in [9.17, 15) is 19.4 Å². The third kappa shape index (κ3) is 45.3. The van der Waals surface area contributed by atoms with Crippen LogP contribution in [0.4, 0.5) is 0 Å². The molecule has 0 radical (unpaired) electrons. The summed E-state index contributed by atoms with van der Waals surface area (Å²) in [6.07, 6.45) is 51.0. The number of hydrogen-bond donors (Lipinski definition) is 3. The predicted octanol–water partition coefficient (Wildman–Crippen LogP) is 15.1. The van der Waals surface area contributed by atoms with E-state index in [4.69, 9.17) is 9.05 Å². The molecule has 0 saturated carbocycles. The van der Waals surface area contributed by atoms with Crippen molar-refractivity contribution in [3.8, 4) is 0 Å². The number of carbonyl (C=O) groups excluding carboxylic acids is 1. The lowest BCUT2D eigenvalue weighted by atomic mass is 10.0. The summed E-state index contributed by atoms with van der Waals surface area (Å²) in [7, 11) is 1.62. The second-order valence-electron chi connectivity index (χ2n) is 19.3. The summed E-state index contributed by atoms with van der Waals surface area (Å²) < 4.78 is 23.7. The van der Waals surface area contributed by atoms with Crippen molar-refractivity contribution in [3.05, 3.63) is 12.2 Å². The Balaban J connectivity index is 4.22.